The molecule has 1 heterocycles. The molecule has 0 aliphatic heterocycles. The van der Waals surface area contributed by atoms with E-state index in [0.717, 1.165) is 11.9 Å². The van der Waals surface area contributed by atoms with Gasteiger partial charge in [0.15, 0.2) is 0 Å². The Labute approximate surface area is 127 Å². The molecule has 7 nitrogen and oxygen atoms in total. The van der Waals surface area contributed by atoms with E-state index in [4.69, 9.17) is 0 Å². The van der Waals surface area contributed by atoms with Crippen molar-refractivity contribution in [2.75, 3.05) is 11.9 Å². The Morgan fingerprint density at radius 3 is 2.95 bits per heavy atom. The summed E-state index contributed by atoms with van der Waals surface area (Å²) in [4.78, 5) is 14.4. The minimum atomic E-state index is -0.527. The molecule has 106 valence electrons. The third-order valence-corrected chi connectivity index (χ3v) is 3.43. The van der Waals surface area contributed by atoms with Crippen molar-refractivity contribution in [1.29, 1.82) is 0 Å². The average Bonchev–Trinajstić information content (AvgIpc) is 2.91. The van der Waals surface area contributed by atoms with Crippen molar-refractivity contribution >= 4 is 34.0 Å². The van der Waals surface area contributed by atoms with E-state index in [1.165, 1.54) is 12.4 Å². The highest BCUT2D eigenvalue weighted by Crippen LogP contribution is 2.28. The smallest absolute Gasteiger partial charge is 0.293 e. The number of rotatable bonds is 6. The zero-order valence-corrected chi connectivity index (χ0v) is 12.4. The number of hydrogen-bond acceptors (Lipinski definition) is 5. The van der Waals surface area contributed by atoms with Gasteiger partial charge < -0.3 is 5.32 Å². The van der Waals surface area contributed by atoms with E-state index < -0.39 is 10.7 Å². The highest BCUT2D eigenvalue weighted by molar-refractivity contribution is 14.1. The summed E-state index contributed by atoms with van der Waals surface area (Å²) in [7, 11) is 0. The van der Waals surface area contributed by atoms with Crippen molar-refractivity contribution in [3.05, 3.63) is 43.8 Å². The quantitative estimate of drug-likeness (QED) is 0.341. The molecule has 0 fully saturated rings. The fourth-order valence-corrected chi connectivity index (χ4v) is 2.11. The van der Waals surface area contributed by atoms with E-state index in [9.17, 15) is 14.5 Å². The molecule has 2 aromatic rings. The second kappa shape index (κ2) is 6.59. The van der Waals surface area contributed by atoms with Crippen LogP contribution in [0.4, 0.5) is 15.8 Å². The Kier molecular flexibility index (Phi) is 4.82. The average molecular weight is 391 g/mol. The fraction of sp³-hybridized carbons (Fsp3) is 0.273. The largest absolute Gasteiger partial charge is 0.379 e. The van der Waals surface area contributed by atoms with Gasteiger partial charge in [-0.3, -0.25) is 15.2 Å². The molecule has 0 radical (unpaired) electrons. The van der Waals surface area contributed by atoms with Crippen molar-refractivity contribution in [3.8, 4) is 0 Å². The van der Waals surface area contributed by atoms with Crippen LogP contribution >= 0.6 is 22.6 Å². The summed E-state index contributed by atoms with van der Waals surface area (Å²) in [6, 6.07) is 2.36. The van der Waals surface area contributed by atoms with Gasteiger partial charge in [0.25, 0.3) is 5.69 Å². The van der Waals surface area contributed by atoms with Gasteiger partial charge in [-0.05, 0) is 29.0 Å². The maximum absolute atomic E-state index is 13.5. The molecule has 0 spiro atoms. The number of aromatic nitrogens is 3. The van der Waals surface area contributed by atoms with Gasteiger partial charge in [0.2, 0.25) is 0 Å². The molecule has 0 amide bonds. The van der Waals surface area contributed by atoms with Crippen molar-refractivity contribution in [3.63, 3.8) is 0 Å². The lowest BCUT2D eigenvalue weighted by molar-refractivity contribution is -0.384. The number of aromatic amines is 1. The summed E-state index contributed by atoms with van der Waals surface area (Å²) in [6.45, 7) is 0.474. The van der Waals surface area contributed by atoms with Crippen molar-refractivity contribution in [2.24, 2.45) is 0 Å². The summed E-state index contributed by atoms with van der Waals surface area (Å²) in [6.07, 6.45) is 2.77. The van der Waals surface area contributed by atoms with Crippen LogP contribution in [0, 0.1) is 19.5 Å². The monoisotopic (exact) mass is 391 g/mol. The number of nitrogens with zero attached hydrogens (tertiary/aromatic N) is 3. The van der Waals surface area contributed by atoms with Crippen LogP contribution in [0.2, 0.25) is 0 Å². The van der Waals surface area contributed by atoms with Crippen molar-refractivity contribution < 1.29 is 9.31 Å². The third-order valence-electron chi connectivity index (χ3n) is 2.61. The van der Waals surface area contributed by atoms with Gasteiger partial charge >= 0.3 is 0 Å². The maximum atomic E-state index is 13.5. The van der Waals surface area contributed by atoms with Gasteiger partial charge in [-0.1, -0.05) is 0 Å². The summed E-state index contributed by atoms with van der Waals surface area (Å²) < 4.78 is 13.7. The van der Waals surface area contributed by atoms with E-state index in [0.29, 0.717) is 19.4 Å². The first kappa shape index (κ1) is 14.6. The standard InChI is InChI=1S/C11H11FIN5O2/c12-7-4-9(10(18(19)20)5-8(7)13)14-3-1-2-11-15-6-16-17-11/h4-6,14H,1-3H2,(H,15,16,17). The highest BCUT2D eigenvalue weighted by Gasteiger charge is 2.17. The van der Waals surface area contributed by atoms with Crippen LogP contribution < -0.4 is 5.32 Å². The van der Waals surface area contributed by atoms with Crippen LogP contribution in [0.25, 0.3) is 0 Å². The zero-order valence-electron chi connectivity index (χ0n) is 10.3. The summed E-state index contributed by atoms with van der Waals surface area (Å²) in [5.74, 6) is 0.268. The molecular weight excluding hydrogens is 380 g/mol. The highest BCUT2D eigenvalue weighted by atomic mass is 127. The zero-order chi connectivity index (χ0) is 14.5. The molecule has 0 saturated carbocycles. The first-order valence-electron chi connectivity index (χ1n) is 5.79. The van der Waals surface area contributed by atoms with E-state index >= 15 is 0 Å². The Morgan fingerprint density at radius 1 is 1.50 bits per heavy atom. The number of aryl methyl sites for hydroxylation is 1. The SMILES string of the molecule is O=[N+]([O-])c1cc(I)c(F)cc1NCCCc1ncn[nH]1. The Bertz CT molecular complexity index is 605. The first-order valence-corrected chi connectivity index (χ1v) is 6.87. The van der Waals surface area contributed by atoms with E-state index in [1.807, 2.05) is 0 Å². The maximum Gasteiger partial charge on any atom is 0.293 e. The molecule has 2 N–H and O–H groups in total. The second-order valence-corrected chi connectivity index (χ2v) is 5.17. The predicted molar refractivity (Wildman–Crippen MR) is 79.0 cm³/mol. The lowest BCUT2D eigenvalue weighted by Crippen LogP contribution is -2.07. The van der Waals surface area contributed by atoms with Gasteiger partial charge in [0, 0.05) is 25.1 Å². The molecule has 2 rings (SSSR count). The van der Waals surface area contributed by atoms with Gasteiger partial charge in [-0.25, -0.2) is 9.37 Å². The number of anilines is 1. The minimum absolute atomic E-state index is 0.129. The molecule has 0 saturated heterocycles. The number of hydrogen-bond donors (Lipinski definition) is 2. The lowest BCUT2D eigenvalue weighted by Gasteiger charge is -2.07. The molecule has 0 aliphatic carbocycles. The van der Waals surface area contributed by atoms with Crippen molar-refractivity contribution in [2.45, 2.75) is 12.8 Å². The van der Waals surface area contributed by atoms with Crippen LogP contribution in [0.5, 0.6) is 0 Å². The molecule has 0 aliphatic rings. The first-order chi connectivity index (χ1) is 9.58. The van der Waals surface area contributed by atoms with E-state index in [-0.39, 0.29) is 14.9 Å². The Hall–Kier alpha value is -1.78. The fourth-order valence-electron chi connectivity index (χ4n) is 1.66. The van der Waals surface area contributed by atoms with Crippen LogP contribution in [0.3, 0.4) is 0 Å². The topological polar surface area (TPSA) is 96.7 Å². The number of halogens is 2. The van der Waals surface area contributed by atoms with Gasteiger partial charge in [0.1, 0.15) is 23.7 Å². The normalized spacial score (nSPS) is 10.5. The predicted octanol–water partition coefficient (Wildman–Crippen LogP) is 2.50. The van der Waals surface area contributed by atoms with Gasteiger partial charge in [-0.2, -0.15) is 5.10 Å². The second-order valence-electron chi connectivity index (χ2n) is 4.00. The van der Waals surface area contributed by atoms with Gasteiger partial charge in [-0.15, -0.1) is 0 Å². The summed E-state index contributed by atoms with van der Waals surface area (Å²) in [5.41, 5.74) is 0.0564. The van der Waals surface area contributed by atoms with E-state index in [2.05, 4.69) is 20.5 Å². The van der Waals surface area contributed by atoms with Crippen LogP contribution in [-0.4, -0.2) is 26.6 Å². The number of nitrogens with one attached hydrogen (secondary N) is 2. The summed E-state index contributed by atoms with van der Waals surface area (Å²) >= 11 is 1.73. The number of H-pyrrole nitrogens is 1. The Balaban J connectivity index is 1.98. The van der Waals surface area contributed by atoms with Gasteiger partial charge in [0.05, 0.1) is 8.49 Å². The number of nitro benzene ring substituents is 1. The minimum Gasteiger partial charge on any atom is -0.379 e. The lowest BCUT2D eigenvalue weighted by atomic mass is 10.2. The molecule has 0 atom stereocenters. The van der Waals surface area contributed by atoms with Crippen LogP contribution in [0.15, 0.2) is 18.5 Å². The Morgan fingerprint density at radius 2 is 2.30 bits per heavy atom. The van der Waals surface area contributed by atoms with Crippen molar-refractivity contribution in [1.82, 2.24) is 15.2 Å². The number of benzene rings is 1. The summed E-state index contributed by atoms with van der Waals surface area (Å²) in [5, 5.41) is 20.2. The molecule has 1 aromatic carbocycles. The molecule has 0 bridgehead atoms. The number of nitro groups is 1. The van der Waals surface area contributed by atoms with Crippen LogP contribution in [-0.2, 0) is 6.42 Å². The third kappa shape index (κ3) is 3.62. The molecule has 9 heteroatoms. The van der Waals surface area contributed by atoms with E-state index in [1.54, 1.807) is 22.6 Å². The molecule has 1 aromatic heterocycles. The molecular formula is C11H11FIN5O2. The molecule has 0 unspecified atom stereocenters. The molecule has 20 heavy (non-hydrogen) atoms. The van der Waals surface area contributed by atoms with Crippen LogP contribution in [0.1, 0.15) is 12.2 Å².